The first-order valence-electron chi connectivity index (χ1n) is 12.4. The summed E-state index contributed by atoms with van der Waals surface area (Å²) in [7, 11) is 1.75. The summed E-state index contributed by atoms with van der Waals surface area (Å²) in [4.78, 5) is 0. The van der Waals surface area contributed by atoms with Crippen LogP contribution in [0.2, 0.25) is 0 Å². The summed E-state index contributed by atoms with van der Waals surface area (Å²) < 4.78 is 8.19. The Bertz CT molecular complexity index is 1740. The van der Waals surface area contributed by atoms with E-state index in [1.54, 1.807) is 7.11 Å². The highest BCUT2D eigenvalue weighted by Crippen LogP contribution is 2.41. The fraction of sp³-hybridized carbons (Fsp3) is 0.118. The molecule has 0 amide bonds. The number of hydrogen-bond acceptors (Lipinski definition) is 1. The van der Waals surface area contributed by atoms with E-state index in [-0.39, 0.29) is 0 Å². The third kappa shape index (κ3) is 3.58. The molecule has 1 aromatic heterocycles. The predicted molar refractivity (Wildman–Crippen MR) is 152 cm³/mol. The third-order valence-electron chi connectivity index (χ3n) is 7.21. The Morgan fingerprint density at radius 2 is 1.39 bits per heavy atom. The number of rotatable bonds is 4. The lowest BCUT2D eigenvalue weighted by molar-refractivity contribution is 0.412. The molecule has 0 aliphatic heterocycles. The Labute approximate surface area is 212 Å². The van der Waals surface area contributed by atoms with Crippen molar-refractivity contribution in [2.45, 2.75) is 20.8 Å². The number of aryl methyl sites for hydroxylation is 2. The molecule has 2 heteroatoms. The highest BCUT2D eigenvalue weighted by atomic mass is 16.5. The topological polar surface area (TPSA) is 14.2 Å². The van der Waals surface area contributed by atoms with E-state index in [0.717, 1.165) is 11.3 Å². The van der Waals surface area contributed by atoms with Crippen molar-refractivity contribution in [3.63, 3.8) is 0 Å². The first-order valence-corrected chi connectivity index (χ1v) is 12.4. The molecule has 0 unspecified atom stereocenters. The summed E-state index contributed by atoms with van der Waals surface area (Å²) in [6.45, 7) is 6.53. The number of hydrogen-bond donors (Lipinski definition) is 0. The molecule has 2 nitrogen and oxygen atoms in total. The minimum atomic E-state index is 0.910. The van der Waals surface area contributed by atoms with Crippen LogP contribution in [0.25, 0.3) is 49.7 Å². The van der Waals surface area contributed by atoms with E-state index in [1.165, 1.54) is 60.9 Å². The van der Waals surface area contributed by atoms with Crippen LogP contribution in [0, 0.1) is 20.8 Å². The molecule has 1 heterocycles. The molecule has 0 aliphatic rings. The first kappa shape index (κ1) is 22.2. The van der Waals surface area contributed by atoms with Crippen molar-refractivity contribution >= 4 is 21.7 Å². The molecular weight excluding hydrogens is 439 g/mol. The zero-order valence-electron chi connectivity index (χ0n) is 21.2. The average molecular weight is 469 g/mol. The Kier molecular flexibility index (Phi) is 5.38. The third-order valence-corrected chi connectivity index (χ3v) is 7.21. The number of nitrogens with zero attached hydrogens (tertiary/aromatic N) is 1. The molecule has 0 fully saturated rings. The van der Waals surface area contributed by atoms with Gasteiger partial charge >= 0.3 is 0 Å². The fourth-order valence-corrected chi connectivity index (χ4v) is 5.46. The van der Waals surface area contributed by atoms with Gasteiger partial charge in [-0.3, -0.25) is 0 Å². The monoisotopic (exact) mass is 468 g/mol. The highest BCUT2D eigenvalue weighted by Gasteiger charge is 2.20. The highest BCUT2D eigenvalue weighted by molar-refractivity contribution is 6.01. The van der Waals surface area contributed by atoms with Crippen LogP contribution in [0.4, 0.5) is 0 Å². The lowest BCUT2D eigenvalue weighted by Gasteiger charge is -2.21. The van der Waals surface area contributed by atoms with Crippen molar-refractivity contribution in [2.75, 3.05) is 7.11 Å². The Hall–Kier alpha value is -4.30. The molecule has 0 saturated carbocycles. The van der Waals surface area contributed by atoms with E-state index in [9.17, 15) is 0 Å². The van der Waals surface area contributed by atoms with Crippen molar-refractivity contribution in [1.82, 2.24) is 4.57 Å². The minimum absolute atomic E-state index is 0.910. The van der Waals surface area contributed by atoms with Crippen molar-refractivity contribution in [1.29, 1.82) is 0 Å². The maximum absolute atomic E-state index is 5.73. The maximum Gasteiger partial charge on any atom is 0.122 e. The van der Waals surface area contributed by atoms with E-state index >= 15 is 0 Å². The molecular formula is C34H29NO. The summed E-state index contributed by atoms with van der Waals surface area (Å²) in [6, 6.07) is 37.2. The molecule has 0 aliphatic carbocycles. The van der Waals surface area contributed by atoms with Crippen molar-refractivity contribution in [3.8, 4) is 33.8 Å². The summed E-state index contributed by atoms with van der Waals surface area (Å²) in [6.07, 6.45) is 0. The summed E-state index contributed by atoms with van der Waals surface area (Å²) in [5.41, 5.74) is 10.9. The number of ether oxygens (including phenoxy) is 1. The van der Waals surface area contributed by atoms with E-state index < -0.39 is 0 Å². The zero-order chi connectivity index (χ0) is 24.8. The van der Waals surface area contributed by atoms with Crippen molar-refractivity contribution < 1.29 is 4.74 Å². The van der Waals surface area contributed by atoms with Crippen LogP contribution < -0.4 is 4.74 Å². The largest absolute Gasteiger partial charge is 0.496 e. The van der Waals surface area contributed by atoms with Crippen LogP contribution in [0.5, 0.6) is 5.75 Å². The van der Waals surface area contributed by atoms with Gasteiger partial charge < -0.3 is 9.30 Å². The number of aromatic nitrogens is 1. The molecule has 0 bridgehead atoms. The zero-order valence-corrected chi connectivity index (χ0v) is 21.2. The number of methoxy groups -OCH3 is 1. The number of benzene rings is 5. The molecule has 0 spiro atoms. The second kappa shape index (κ2) is 8.73. The van der Waals surface area contributed by atoms with Gasteiger partial charge in [-0.05, 0) is 90.4 Å². The molecule has 0 atom stereocenters. The SMILES string of the molecule is COc1cc2cc(-c3ccccc3)c(C)c(-n3c4ccccc4c[13c]3-c3cccc(C)c3)c2cc1C. The van der Waals surface area contributed by atoms with E-state index in [1.807, 2.05) is 0 Å². The molecule has 36 heavy (non-hydrogen) atoms. The Morgan fingerprint density at radius 3 is 2.17 bits per heavy atom. The summed E-state index contributed by atoms with van der Waals surface area (Å²) in [5.74, 6) is 0.910. The maximum atomic E-state index is 5.73. The van der Waals surface area contributed by atoms with Crippen LogP contribution >= 0.6 is 0 Å². The molecule has 6 aromatic rings. The predicted octanol–water partition coefficient (Wildman–Crippen LogP) is 9.05. The van der Waals surface area contributed by atoms with E-state index in [0.29, 0.717) is 0 Å². The van der Waals surface area contributed by atoms with Gasteiger partial charge in [0.1, 0.15) is 5.75 Å². The van der Waals surface area contributed by atoms with Crippen LogP contribution in [0.3, 0.4) is 0 Å². The summed E-state index contributed by atoms with van der Waals surface area (Å²) >= 11 is 0. The molecule has 176 valence electrons. The summed E-state index contributed by atoms with van der Waals surface area (Å²) in [5, 5.41) is 3.63. The minimum Gasteiger partial charge on any atom is -0.496 e. The van der Waals surface area contributed by atoms with Crippen molar-refractivity contribution in [2.24, 2.45) is 0 Å². The number of fused-ring (bicyclic) bond motifs is 2. The Balaban J connectivity index is 1.79. The van der Waals surface area contributed by atoms with E-state index in [2.05, 4.69) is 128 Å². The second-order valence-corrected chi connectivity index (χ2v) is 9.60. The van der Waals surface area contributed by atoms with Gasteiger partial charge in [-0.1, -0.05) is 72.3 Å². The molecule has 0 radical (unpaired) electrons. The lowest BCUT2D eigenvalue weighted by Crippen LogP contribution is -2.03. The van der Waals surface area contributed by atoms with Crippen molar-refractivity contribution in [3.05, 3.63) is 120 Å². The van der Waals surface area contributed by atoms with E-state index in [4.69, 9.17) is 4.74 Å². The Morgan fingerprint density at radius 1 is 0.639 bits per heavy atom. The van der Waals surface area contributed by atoms with Gasteiger partial charge in [0.2, 0.25) is 0 Å². The quantitative estimate of drug-likeness (QED) is 0.252. The fourth-order valence-electron chi connectivity index (χ4n) is 5.46. The van der Waals surface area contributed by atoms with Gasteiger partial charge in [-0.2, -0.15) is 0 Å². The second-order valence-electron chi connectivity index (χ2n) is 9.60. The van der Waals surface area contributed by atoms with Crippen LogP contribution in [-0.2, 0) is 0 Å². The van der Waals surface area contributed by atoms with Crippen LogP contribution in [-0.4, -0.2) is 11.7 Å². The lowest BCUT2D eigenvalue weighted by atomic mass is 9.93. The molecule has 0 saturated heterocycles. The van der Waals surface area contributed by atoms with Gasteiger partial charge in [0.05, 0.1) is 24.0 Å². The van der Waals surface area contributed by atoms with Crippen LogP contribution in [0.15, 0.2) is 103 Å². The molecule has 0 N–H and O–H groups in total. The molecule has 6 rings (SSSR count). The van der Waals surface area contributed by atoms with Gasteiger partial charge in [-0.25, -0.2) is 0 Å². The normalized spacial score (nSPS) is 11.3. The first-order chi connectivity index (χ1) is 17.5. The smallest absolute Gasteiger partial charge is 0.122 e. The van der Waals surface area contributed by atoms with Gasteiger partial charge in [0, 0.05) is 10.8 Å². The van der Waals surface area contributed by atoms with Gasteiger partial charge in [0.15, 0.2) is 0 Å². The average Bonchev–Trinajstić information content (AvgIpc) is 3.28. The molecule has 5 aromatic carbocycles. The number of para-hydroxylation sites is 1. The van der Waals surface area contributed by atoms with Gasteiger partial charge in [0.25, 0.3) is 0 Å². The van der Waals surface area contributed by atoms with Gasteiger partial charge in [-0.15, -0.1) is 0 Å². The van der Waals surface area contributed by atoms with Crippen LogP contribution in [0.1, 0.15) is 16.7 Å². The standard InChI is InChI=1S/C34H29NO/c1-22-11-10-15-26(17-22)32-20-27-14-8-9-16-31(27)35(32)34-24(3)29(25-12-6-5-7-13-25)19-28-21-33(36-4)23(2)18-30(28)34/h5-21H,1-4H3/i32+1.